The quantitative estimate of drug-likeness (QED) is 0.605. The molecular weight excluding hydrogens is 432 g/mol. The van der Waals surface area contributed by atoms with Gasteiger partial charge in [-0.3, -0.25) is 9.36 Å². The van der Waals surface area contributed by atoms with Gasteiger partial charge in [-0.25, -0.2) is 9.59 Å². The number of carbonyl (C=O) groups excluding carboxylic acids is 2. The summed E-state index contributed by atoms with van der Waals surface area (Å²) in [6.07, 6.45) is -0.376. The average molecular weight is 455 g/mol. The molecule has 1 aromatic heterocycles. The molecule has 8 nitrogen and oxygen atoms in total. The number of fused-ring (bicyclic) bond motifs is 1. The number of hydrogen-bond acceptors (Lipinski definition) is 5. The van der Waals surface area contributed by atoms with Crippen molar-refractivity contribution in [1.82, 2.24) is 19.4 Å². The van der Waals surface area contributed by atoms with Crippen molar-refractivity contribution in [2.24, 2.45) is 0 Å². The van der Waals surface area contributed by atoms with E-state index in [1.165, 1.54) is 4.57 Å². The third kappa shape index (κ3) is 4.45. The summed E-state index contributed by atoms with van der Waals surface area (Å²) in [5.74, 6) is -0.207. The Morgan fingerprint density at radius 2 is 1.72 bits per heavy atom. The van der Waals surface area contributed by atoms with Crippen LogP contribution < -0.4 is 5.69 Å². The first-order chi connectivity index (χ1) is 15.5. The van der Waals surface area contributed by atoms with E-state index in [4.69, 9.17) is 16.3 Å². The van der Waals surface area contributed by atoms with Gasteiger partial charge in [0.05, 0.1) is 17.8 Å². The third-order valence-corrected chi connectivity index (χ3v) is 5.68. The number of benzene rings is 2. The molecule has 1 aliphatic rings. The summed E-state index contributed by atoms with van der Waals surface area (Å²) >= 11 is 6.23. The molecule has 2 heterocycles. The molecule has 4 rings (SSSR count). The van der Waals surface area contributed by atoms with Gasteiger partial charge in [0, 0.05) is 42.2 Å². The highest BCUT2D eigenvalue weighted by molar-refractivity contribution is 6.31. The van der Waals surface area contributed by atoms with Crippen LogP contribution in [-0.2, 0) is 16.1 Å². The minimum absolute atomic E-state index is 0.140. The van der Waals surface area contributed by atoms with Gasteiger partial charge in [0.2, 0.25) is 5.91 Å². The van der Waals surface area contributed by atoms with Crippen molar-refractivity contribution >= 4 is 34.5 Å². The predicted molar refractivity (Wildman–Crippen MR) is 122 cm³/mol. The van der Waals surface area contributed by atoms with Gasteiger partial charge in [0.15, 0.2) is 0 Å². The molecule has 1 aliphatic heterocycles. The Morgan fingerprint density at radius 1 is 1.03 bits per heavy atom. The van der Waals surface area contributed by atoms with Crippen LogP contribution in [0.15, 0.2) is 53.3 Å². The Morgan fingerprint density at radius 3 is 2.41 bits per heavy atom. The molecule has 0 N–H and O–H groups in total. The topological polar surface area (TPSA) is 84.7 Å². The molecule has 2 amide bonds. The Kier molecular flexibility index (Phi) is 6.41. The number of carbonyl (C=O) groups is 2. The zero-order valence-corrected chi connectivity index (χ0v) is 18.4. The molecule has 0 radical (unpaired) electrons. The molecule has 0 atom stereocenters. The van der Waals surface area contributed by atoms with Crippen molar-refractivity contribution in [3.63, 3.8) is 0 Å². The van der Waals surface area contributed by atoms with Crippen molar-refractivity contribution < 1.29 is 14.3 Å². The van der Waals surface area contributed by atoms with Crippen LogP contribution in [-0.4, -0.2) is 64.1 Å². The number of hydrogen-bond donors (Lipinski definition) is 0. The molecule has 0 spiro atoms. The zero-order valence-electron chi connectivity index (χ0n) is 17.7. The van der Waals surface area contributed by atoms with Crippen LogP contribution in [0.25, 0.3) is 22.2 Å². The summed E-state index contributed by atoms with van der Waals surface area (Å²) in [4.78, 5) is 45.3. The predicted octanol–water partition coefficient (Wildman–Crippen LogP) is 3.02. The summed E-state index contributed by atoms with van der Waals surface area (Å²) in [6, 6.07) is 14.6. The van der Waals surface area contributed by atoms with Gasteiger partial charge in [-0.15, -0.1) is 0 Å². The molecule has 32 heavy (non-hydrogen) atoms. The summed E-state index contributed by atoms with van der Waals surface area (Å²) in [5, 5.41) is 1.21. The van der Waals surface area contributed by atoms with Gasteiger partial charge in [-0.1, -0.05) is 41.9 Å². The average Bonchev–Trinajstić information content (AvgIpc) is 2.81. The summed E-state index contributed by atoms with van der Waals surface area (Å²) in [5.41, 5.74) is 1.41. The lowest BCUT2D eigenvalue weighted by Crippen LogP contribution is -2.51. The fourth-order valence-corrected chi connectivity index (χ4v) is 3.98. The van der Waals surface area contributed by atoms with E-state index in [-0.39, 0.29) is 18.5 Å². The van der Waals surface area contributed by atoms with Crippen LogP contribution in [0, 0.1) is 0 Å². The highest BCUT2D eigenvalue weighted by Gasteiger charge is 2.25. The molecule has 9 heteroatoms. The van der Waals surface area contributed by atoms with E-state index < -0.39 is 5.69 Å². The van der Waals surface area contributed by atoms with Crippen molar-refractivity contribution in [3.05, 3.63) is 64.0 Å². The van der Waals surface area contributed by atoms with Crippen LogP contribution >= 0.6 is 11.6 Å². The minimum atomic E-state index is -0.503. The maximum absolute atomic E-state index is 13.0. The van der Waals surface area contributed by atoms with Gasteiger partial charge >= 0.3 is 11.8 Å². The normalized spacial score (nSPS) is 13.9. The molecule has 0 unspecified atom stereocenters. The summed E-state index contributed by atoms with van der Waals surface area (Å²) in [6.45, 7) is 3.46. The Bertz CT molecular complexity index is 1200. The standard InChI is InChI=1S/C23H23ClN4O4/c1-2-32-23(31)27-12-10-26(11-13-27)20(29)15-28-19-9-8-17(24)14-18(19)21(25-22(28)30)16-6-4-3-5-7-16/h3-9,14H,2,10-13,15H2,1H3. The third-order valence-electron chi connectivity index (χ3n) is 5.44. The largest absolute Gasteiger partial charge is 0.450 e. The number of rotatable bonds is 4. The lowest BCUT2D eigenvalue weighted by Gasteiger charge is -2.34. The van der Waals surface area contributed by atoms with Crippen LogP contribution in [0.2, 0.25) is 5.02 Å². The number of aromatic nitrogens is 2. The monoisotopic (exact) mass is 454 g/mol. The van der Waals surface area contributed by atoms with E-state index in [0.29, 0.717) is 54.4 Å². The Labute approximate surface area is 190 Å². The smallest absolute Gasteiger partial charge is 0.409 e. The maximum Gasteiger partial charge on any atom is 0.409 e. The van der Waals surface area contributed by atoms with Gasteiger partial charge in [-0.05, 0) is 25.1 Å². The first-order valence-corrected chi connectivity index (χ1v) is 10.8. The highest BCUT2D eigenvalue weighted by atomic mass is 35.5. The van der Waals surface area contributed by atoms with E-state index in [1.54, 1.807) is 34.9 Å². The number of ether oxygens (including phenoxy) is 1. The van der Waals surface area contributed by atoms with E-state index in [0.717, 1.165) is 5.56 Å². The van der Waals surface area contributed by atoms with Crippen molar-refractivity contribution in [3.8, 4) is 11.3 Å². The van der Waals surface area contributed by atoms with E-state index >= 15 is 0 Å². The second-order valence-electron chi connectivity index (χ2n) is 7.42. The van der Waals surface area contributed by atoms with Crippen LogP contribution in [0.1, 0.15) is 6.92 Å². The lowest BCUT2D eigenvalue weighted by atomic mass is 10.1. The van der Waals surface area contributed by atoms with Crippen LogP contribution in [0.3, 0.4) is 0 Å². The lowest BCUT2D eigenvalue weighted by molar-refractivity contribution is -0.133. The summed E-state index contributed by atoms with van der Waals surface area (Å²) < 4.78 is 6.39. The number of nitrogens with zero attached hydrogens (tertiary/aromatic N) is 4. The highest BCUT2D eigenvalue weighted by Crippen LogP contribution is 2.27. The molecule has 0 saturated carbocycles. The van der Waals surface area contributed by atoms with Gasteiger partial charge < -0.3 is 14.5 Å². The first-order valence-electron chi connectivity index (χ1n) is 10.4. The molecule has 1 fully saturated rings. The Hall–Kier alpha value is -3.39. The molecular formula is C23H23ClN4O4. The van der Waals surface area contributed by atoms with Gasteiger partial charge in [0.25, 0.3) is 0 Å². The van der Waals surface area contributed by atoms with Crippen molar-refractivity contribution in [2.45, 2.75) is 13.5 Å². The van der Waals surface area contributed by atoms with Crippen molar-refractivity contribution in [2.75, 3.05) is 32.8 Å². The zero-order chi connectivity index (χ0) is 22.7. The molecule has 166 valence electrons. The SMILES string of the molecule is CCOC(=O)N1CCN(C(=O)Cn2c(=O)nc(-c3ccccc3)c3cc(Cl)ccc32)CC1. The fraction of sp³-hybridized carbons (Fsp3) is 0.304. The minimum Gasteiger partial charge on any atom is -0.450 e. The number of halogens is 1. The summed E-state index contributed by atoms with van der Waals surface area (Å²) in [7, 11) is 0. The number of amides is 2. The molecule has 1 saturated heterocycles. The fourth-order valence-electron chi connectivity index (χ4n) is 3.81. The van der Waals surface area contributed by atoms with Gasteiger partial charge in [0.1, 0.15) is 6.54 Å². The van der Waals surface area contributed by atoms with E-state index in [1.807, 2.05) is 30.3 Å². The second kappa shape index (κ2) is 9.40. The van der Waals surface area contributed by atoms with Gasteiger partial charge in [-0.2, -0.15) is 4.98 Å². The molecule has 3 aromatic rings. The molecule has 2 aromatic carbocycles. The van der Waals surface area contributed by atoms with Crippen LogP contribution in [0.5, 0.6) is 0 Å². The van der Waals surface area contributed by atoms with Crippen LogP contribution in [0.4, 0.5) is 4.79 Å². The maximum atomic E-state index is 13.0. The molecule has 0 bridgehead atoms. The first kappa shape index (κ1) is 21.8. The molecule has 0 aliphatic carbocycles. The second-order valence-corrected chi connectivity index (χ2v) is 7.86. The van der Waals surface area contributed by atoms with E-state index in [9.17, 15) is 14.4 Å². The Balaban J connectivity index is 1.60. The van der Waals surface area contributed by atoms with E-state index in [2.05, 4.69) is 4.98 Å². The van der Waals surface area contributed by atoms with Crippen molar-refractivity contribution in [1.29, 1.82) is 0 Å². The number of piperazine rings is 1.